The number of nitrogens with one attached hydrogen (secondary N) is 1. The van der Waals surface area contributed by atoms with Gasteiger partial charge in [0.05, 0.1) is 5.60 Å². The van der Waals surface area contributed by atoms with Crippen molar-refractivity contribution in [2.45, 2.75) is 31.8 Å². The largest absolute Gasteiger partial charge is 0.388 e. The summed E-state index contributed by atoms with van der Waals surface area (Å²) in [6, 6.07) is 6.51. The van der Waals surface area contributed by atoms with Crippen LogP contribution in [0.1, 0.15) is 46.9 Å². The molecule has 0 spiro atoms. The van der Waals surface area contributed by atoms with Crippen LogP contribution < -0.4 is 5.32 Å². The van der Waals surface area contributed by atoms with Crippen molar-refractivity contribution in [3.8, 4) is 0 Å². The lowest BCUT2D eigenvalue weighted by molar-refractivity contribution is -0.0300. The van der Waals surface area contributed by atoms with Gasteiger partial charge in [-0.2, -0.15) is 0 Å². The second kappa shape index (κ2) is 4.90. The fourth-order valence-corrected chi connectivity index (χ4v) is 1.96. The van der Waals surface area contributed by atoms with Crippen molar-refractivity contribution in [1.29, 1.82) is 0 Å². The lowest BCUT2D eigenvalue weighted by Gasteiger charge is -2.36. The van der Waals surface area contributed by atoms with E-state index in [9.17, 15) is 14.7 Å². The van der Waals surface area contributed by atoms with Crippen LogP contribution in [0.15, 0.2) is 24.3 Å². The van der Waals surface area contributed by atoms with Crippen molar-refractivity contribution < 1.29 is 14.7 Å². The van der Waals surface area contributed by atoms with E-state index in [0.29, 0.717) is 17.7 Å². The summed E-state index contributed by atoms with van der Waals surface area (Å²) >= 11 is 0. The molecule has 1 saturated carbocycles. The first-order valence-electron chi connectivity index (χ1n) is 6.12. The summed E-state index contributed by atoms with van der Waals surface area (Å²) < 4.78 is 0. The fourth-order valence-electron chi connectivity index (χ4n) is 1.96. The van der Waals surface area contributed by atoms with Crippen LogP contribution in [0.5, 0.6) is 0 Å². The highest BCUT2D eigenvalue weighted by atomic mass is 16.3. The van der Waals surface area contributed by atoms with Crippen LogP contribution in [0, 0.1) is 0 Å². The molecule has 0 atom stereocenters. The van der Waals surface area contributed by atoms with Crippen LogP contribution in [0.3, 0.4) is 0 Å². The van der Waals surface area contributed by atoms with E-state index in [1.54, 1.807) is 24.3 Å². The van der Waals surface area contributed by atoms with E-state index < -0.39 is 5.60 Å². The molecule has 0 saturated heterocycles. The average molecular weight is 247 g/mol. The Labute approximate surface area is 106 Å². The highest BCUT2D eigenvalue weighted by molar-refractivity contribution is 5.97. The summed E-state index contributed by atoms with van der Waals surface area (Å²) in [5.74, 6) is -0.240. The van der Waals surface area contributed by atoms with Gasteiger partial charge in [-0.1, -0.05) is 12.1 Å². The molecule has 0 bridgehead atoms. The second-order valence-electron chi connectivity index (χ2n) is 4.89. The van der Waals surface area contributed by atoms with E-state index in [2.05, 4.69) is 5.32 Å². The summed E-state index contributed by atoms with van der Waals surface area (Å²) in [6.07, 6.45) is 2.51. The number of hydrogen-bond acceptors (Lipinski definition) is 3. The van der Waals surface area contributed by atoms with Gasteiger partial charge in [0.1, 0.15) is 0 Å². The Balaban J connectivity index is 1.94. The highest BCUT2D eigenvalue weighted by Crippen LogP contribution is 2.30. The Morgan fingerprint density at radius 2 is 1.78 bits per heavy atom. The molecule has 96 valence electrons. The van der Waals surface area contributed by atoms with E-state index in [-0.39, 0.29) is 11.7 Å². The predicted molar refractivity (Wildman–Crippen MR) is 67.6 cm³/mol. The number of amides is 1. The SMILES string of the molecule is CC(=O)c1ccc(C(=O)NCC2(O)CCC2)cc1. The Kier molecular flexibility index (Phi) is 3.48. The van der Waals surface area contributed by atoms with Crippen molar-refractivity contribution >= 4 is 11.7 Å². The number of carbonyl (C=O) groups is 2. The van der Waals surface area contributed by atoms with Crippen molar-refractivity contribution in [2.24, 2.45) is 0 Å². The van der Waals surface area contributed by atoms with E-state index in [1.165, 1.54) is 6.92 Å². The van der Waals surface area contributed by atoms with Crippen LogP contribution in [-0.4, -0.2) is 28.9 Å². The summed E-state index contributed by atoms with van der Waals surface area (Å²) in [5, 5.41) is 12.6. The third kappa shape index (κ3) is 2.76. The summed E-state index contributed by atoms with van der Waals surface area (Å²) in [5.41, 5.74) is 0.377. The van der Waals surface area contributed by atoms with Gasteiger partial charge in [-0.25, -0.2) is 0 Å². The van der Waals surface area contributed by atoms with Crippen molar-refractivity contribution in [1.82, 2.24) is 5.32 Å². The van der Waals surface area contributed by atoms with Gasteiger partial charge in [0.25, 0.3) is 5.91 Å². The number of benzene rings is 1. The molecule has 0 unspecified atom stereocenters. The first kappa shape index (κ1) is 12.8. The standard InChI is InChI=1S/C14H17NO3/c1-10(16)11-3-5-12(6-4-11)13(17)15-9-14(18)7-2-8-14/h3-6,18H,2,7-9H2,1H3,(H,15,17). The summed E-state index contributed by atoms with van der Waals surface area (Å²) in [6.45, 7) is 1.78. The second-order valence-corrected chi connectivity index (χ2v) is 4.89. The first-order chi connectivity index (χ1) is 8.50. The number of Topliss-reactive ketones (excluding diaryl/α,β-unsaturated/α-hetero) is 1. The molecule has 1 fully saturated rings. The van der Waals surface area contributed by atoms with Gasteiger partial charge in [0, 0.05) is 17.7 Å². The molecule has 1 aliphatic rings. The molecule has 2 N–H and O–H groups in total. The van der Waals surface area contributed by atoms with Gasteiger partial charge in [0.15, 0.2) is 5.78 Å². The highest BCUT2D eigenvalue weighted by Gasteiger charge is 2.34. The normalized spacial score (nSPS) is 16.8. The van der Waals surface area contributed by atoms with E-state index in [4.69, 9.17) is 0 Å². The summed E-state index contributed by atoms with van der Waals surface area (Å²) in [7, 11) is 0. The Morgan fingerprint density at radius 3 is 2.22 bits per heavy atom. The average Bonchev–Trinajstić information content (AvgIpc) is 2.33. The third-order valence-corrected chi connectivity index (χ3v) is 3.42. The molecule has 1 amide bonds. The third-order valence-electron chi connectivity index (χ3n) is 3.42. The monoisotopic (exact) mass is 247 g/mol. The zero-order valence-corrected chi connectivity index (χ0v) is 10.4. The minimum Gasteiger partial charge on any atom is -0.388 e. The molecule has 18 heavy (non-hydrogen) atoms. The van der Waals surface area contributed by atoms with Crippen LogP contribution in [0.25, 0.3) is 0 Å². The Hall–Kier alpha value is -1.68. The van der Waals surface area contributed by atoms with Crippen molar-refractivity contribution in [2.75, 3.05) is 6.54 Å². The quantitative estimate of drug-likeness (QED) is 0.793. The lowest BCUT2D eigenvalue weighted by atomic mass is 9.80. The number of hydrogen-bond donors (Lipinski definition) is 2. The molecule has 0 aromatic heterocycles. The molecule has 4 heteroatoms. The minimum atomic E-state index is -0.713. The van der Waals surface area contributed by atoms with Crippen molar-refractivity contribution in [3.05, 3.63) is 35.4 Å². The Bertz CT molecular complexity index is 460. The molecular weight excluding hydrogens is 230 g/mol. The molecule has 1 aliphatic carbocycles. The molecule has 4 nitrogen and oxygen atoms in total. The number of rotatable bonds is 4. The number of aliphatic hydroxyl groups is 1. The zero-order chi connectivity index (χ0) is 13.2. The van der Waals surface area contributed by atoms with Crippen LogP contribution in [-0.2, 0) is 0 Å². The topological polar surface area (TPSA) is 66.4 Å². The van der Waals surface area contributed by atoms with Crippen molar-refractivity contribution in [3.63, 3.8) is 0 Å². The van der Waals surface area contributed by atoms with Gasteiger partial charge < -0.3 is 10.4 Å². The maximum atomic E-state index is 11.8. The minimum absolute atomic E-state index is 0.0225. The predicted octanol–water partition coefficient (Wildman–Crippen LogP) is 1.53. The molecular formula is C14H17NO3. The summed E-state index contributed by atoms with van der Waals surface area (Å²) in [4.78, 5) is 22.9. The molecule has 0 radical (unpaired) electrons. The first-order valence-corrected chi connectivity index (χ1v) is 6.12. The van der Waals surface area contributed by atoms with Gasteiger partial charge >= 0.3 is 0 Å². The number of carbonyl (C=O) groups excluding carboxylic acids is 2. The van der Waals surface area contributed by atoms with Gasteiger partial charge in [0.2, 0.25) is 0 Å². The molecule has 1 aromatic rings. The molecule has 0 aliphatic heterocycles. The number of ketones is 1. The van der Waals surface area contributed by atoms with Crippen LogP contribution in [0.4, 0.5) is 0 Å². The van der Waals surface area contributed by atoms with Gasteiger partial charge in [-0.15, -0.1) is 0 Å². The van der Waals surface area contributed by atoms with Crippen LogP contribution >= 0.6 is 0 Å². The maximum absolute atomic E-state index is 11.8. The van der Waals surface area contributed by atoms with E-state index in [0.717, 1.165) is 19.3 Å². The van der Waals surface area contributed by atoms with E-state index in [1.807, 2.05) is 0 Å². The van der Waals surface area contributed by atoms with Crippen LogP contribution in [0.2, 0.25) is 0 Å². The maximum Gasteiger partial charge on any atom is 0.251 e. The van der Waals surface area contributed by atoms with Gasteiger partial charge in [-0.3, -0.25) is 9.59 Å². The lowest BCUT2D eigenvalue weighted by Crippen LogP contribution is -2.47. The fraction of sp³-hybridized carbons (Fsp3) is 0.429. The molecule has 0 heterocycles. The Morgan fingerprint density at radius 1 is 1.22 bits per heavy atom. The van der Waals surface area contributed by atoms with E-state index >= 15 is 0 Å². The zero-order valence-electron chi connectivity index (χ0n) is 10.4. The smallest absolute Gasteiger partial charge is 0.251 e. The van der Waals surface area contributed by atoms with Gasteiger partial charge in [-0.05, 0) is 38.3 Å². The molecule has 2 rings (SSSR count). The molecule has 1 aromatic carbocycles.